The summed E-state index contributed by atoms with van der Waals surface area (Å²) in [6, 6.07) is 19.3. The van der Waals surface area contributed by atoms with E-state index in [0.29, 0.717) is 6.04 Å². The molecule has 4 aromatic rings. The fourth-order valence-corrected chi connectivity index (χ4v) is 4.03. The number of hydrogen-bond donors (Lipinski definition) is 0. The van der Waals surface area contributed by atoms with Gasteiger partial charge in [0.15, 0.2) is 0 Å². The summed E-state index contributed by atoms with van der Waals surface area (Å²) in [5, 5.41) is 1.29. The van der Waals surface area contributed by atoms with Crippen LogP contribution in [0.1, 0.15) is 32.0 Å². The lowest BCUT2D eigenvalue weighted by Crippen LogP contribution is -2.22. The second kappa shape index (κ2) is 6.52. The van der Waals surface area contributed by atoms with E-state index < -0.39 is 0 Å². The van der Waals surface area contributed by atoms with E-state index in [1.54, 1.807) is 4.57 Å². The lowest BCUT2D eigenvalue weighted by molar-refractivity contribution is 0.564. The first kappa shape index (κ1) is 16.7. The van der Waals surface area contributed by atoms with Gasteiger partial charge in [-0.05, 0) is 56.3 Å². The number of rotatable bonds is 5. The Labute approximate surface area is 153 Å². The average molecular weight is 347 g/mol. The van der Waals surface area contributed by atoms with E-state index in [0.717, 1.165) is 30.4 Å². The topological polar surface area (TPSA) is 31.9 Å². The highest BCUT2D eigenvalue weighted by Crippen LogP contribution is 2.25. The monoisotopic (exact) mass is 347 g/mol. The summed E-state index contributed by atoms with van der Waals surface area (Å²) in [5.41, 5.74) is 4.71. The summed E-state index contributed by atoms with van der Waals surface area (Å²) in [4.78, 5) is 12.6. The Bertz CT molecular complexity index is 1130. The second-order valence-corrected chi connectivity index (χ2v) is 7.24. The van der Waals surface area contributed by atoms with Crippen molar-refractivity contribution in [3.05, 3.63) is 70.8 Å². The van der Waals surface area contributed by atoms with Crippen molar-refractivity contribution in [2.75, 3.05) is 0 Å². The van der Waals surface area contributed by atoms with Crippen LogP contribution < -0.4 is 5.69 Å². The predicted octanol–water partition coefficient (Wildman–Crippen LogP) is 4.51. The van der Waals surface area contributed by atoms with Crippen molar-refractivity contribution < 1.29 is 0 Å². The molecule has 0 amide bonds. The second-order valence-electron chi connectivity index (χ2n) is 7.24. The third-order valence-electron chi connectivity index (χ3n) is 5.21. The molecule has 0 aliphatic heterocycles. The predicted molar refractivity (Wildman–Crippen MR) is 108 cm³/mol. The number of fused-ring (bicyclic) bond motifs is 2. The molecule has 4 rings (SSSR count). The van der Waals surface area contributed by atoms with Crippen LogP contribution in [0.4, 0.5) is 0 Å². The Kier molecular flexibility index (Phi) is 4.19. The smallest absolute Gasteiger partial charge is 0.328 e. The Balaban J connectivity index is 1.62. The Hall–Kier alpha value is -2.75. The summed E-state index contributed by atoms with van der Waals surface area (Å²) < 4.78 is 6.05. The minimum atomic E-state index is 0.0654. The summed E-state index contributed by atoms with van der Waals surface area (Å²) in [7, 11) is 1.85. The van der Waals surface area contributed by atoms with Gasteiger partial charge in [-0.1, -0.05) is 30.3 Å². The third kappa shape index (κ3) is 2.66. The molecule has 0 saturated carbocycles. The molecule has 4 nitrogen and oxygen atoms in total. The van der Waals surface area contributed by atoms with Gasteiger partial charge in [0.25, 0.3) is 0 Å². The molecule has 0 saturated heterocycles. The number of para-hydroxylation sites is 3. The molecule has 0 aliphatic rings. The molecule has 2 heterocycles. The summed E-state index contributed by atoms with van der Waals surface area (Å²) in [6.45, 7) is 5.19. The zero-order valence-electron chi connectivity index (χ0n) is 15.6. The quantitative estimate of drug-likeness (QED) is 0.523. The molecule has 26 heavy (non-hydrogen) atoms. The van der Waals surface area contributed by atoms with Crippen molar-refractivity contribution in [1.29, 1.82) is 0 Å². The van der Waals surface area contributed by atoms with Crippen LogP contribution in [-0.4, -0.2) is 13.7 Å². The fourth-order valence-electron chi connectivity index (χ4n) is 4.03. The van der Waals surface area contributed by atoms with Crippen LogP contribution in [0.15, 0.2) is 59.4 Å². The summed E-state index contributed by atoms with van der Waals surface area (Å²) in [5.74, 6) is 0. The molecular formula is C22H25N3O. The molecule has 0 N–H and O–H groups in total. The number of aryl methyl sites for hydroxylation is 3. The van der Waals surface area contributed by atoms with Crippen LogP contribution in [0.25, 0.3) is 21.9 Å². The SMILES string of the molecule is CC(C)n1c(CCCn2c(=O)n(C)c3ccccc32)cc2ccccc21. The molecule has 0 fully saturated rings. The lowest BCUT2D eigenvalue weighted by Gasteiger charge is -2.15. The molecular weight excluding hydrogens is 322 g/mol. The average Bonchev–Trinajstić information content (AvgIpc) is 3.13. The maximum atomic E-state index is 12.6. The fraction of sp³-hybridized carbons (Fsp3) is 0.318. The van der Waals surface area contributed by atoms with E-state index in [4.69, 9.17) is 0 Å². The first-order valence-electron chi connectivity index (χ1n) is 9.31. The van der Waals surface area contributed by atoms with Crippen molar-refractivity contribution in [3.63, 3.8) is 0 Å². The molecule has 0 aliphatic carbocycles. The van der Waals surface area contributed by atoms with E-state index in [1.165, 1.54) is 16.6 Å². The summed E-state index contributed by atoms with van der Waals surface area (Å²) in [6.07, 6.45) is 1.90. The van der Waals surface area contributed by atoms with Gasteiger partial charge >= 0.3 is 5.69 Å². The molecule has 0 radical (unpaired) electrons. The highest BCUT2D eigenvalue weighted by Gasteiger charge is 2.13. The van der Waals surface area contributed by atoms with Crippen LogP contribution >= 0.6 is 0 Å². The Morgan fingerprint density at radius 2 is 1.58 bits per heavy atom. The van der Waals surface area contributed by atoms with Crippen LogP contribution in [-0.2, 0) is 20.0 Å². The van der Waals surface area contributed by atoms with Crippen LogP contribution in [0.2, 0.25) is 0 Å². The normalized spacial score (nSPS) is 11.8. The van der Waals surface area contributed by atoms with Crippen molar-refractivity contribution in [3.8, 4) is 0 Å². The maximum Gasteiger partial charge on any atom is 0.328 e. The van der Waals surface area contributed by atoms with Crippen molar-refractivity contribution in [2.24, 2.45) is 7.05 Å². The van der Waals surface area contributed by atoms with Gasteiger partial charge in [0.05, 0.1) is 11.0 Å². The van der Waals surface area contributed by atoms with E-state index in [-0.39, 0.29) is 5.69 Å². The van der Waals surface area contributed by atoms with Crippen LogP contribution in [0.5, 0.6) is 0 Å². The molecule has 134 valence electrons. The molecule has 2 aromatic carbocycles. The Morgan fingerprint density at radius 1 is 0.923 bits per heavy atom. The number of imidazole rings is 1. The number of hydrogen-bond acceptors (Lipinski definition) is 1. The first-order chi connectivity index (χ1) is 12.6. The van der Waals surface area contributed by atoms with Crippen LogP contribution in [0, 0.1) is 0 Å². The largest absolute Gasteiger partial charge is 0.342 e. The maximum absolute atomic E-state index is 12.6. The molecule has 0 unspecified atom stereocenters. The van der Waals surface area contributed by atoms with Gasteiger partial charge in [0.1, 0.15) is 0 Å². The van der Waals surface area contributed by atoms with Crippen LogP contribution in [0.3, 0.4) is 0 Å². The summed E-state index contributed by atoms with van der Waals surface area (Å²) >= 11 is 0. The highest BCUT2D eigenvalue weighted by molar-refractivity contribution is 5.81. The van der Waals surface area contributed by atoms with E-state index in [2.05, 4.69) is 48.7 Å². The standard InChI is InChI=1S/C22H25N3O/c1-16(2)25-18(15-17-9-4-5-11-19(17)25)10-8-14-24-21-13-7-6-12-20(21)23(3)22(24)26/h4-7,9,11-13,15-16H,8,10,14H2,1-3H3. The lowest BCUT2D eigenvalue weighted by atomic mass is 10.2. The zero-order valence-corrected chi connectivity index (χ0v) is 15.6. The van der Waals surface area contributed by atoms with Crippen molar-refractivity contribution in [2.45, 2.75) is 39.3 Å². The van der Waals surface area contributed by atoms with E-state index >= 15 is 0 Å². The van der Waals surface area contributed by atoms with Crippen molar-refractivity contribution in [1.82, 2.24) is 13.7 Å². The minimum absolute atomic E-state index is 0.0654. The number of benzene rings is 2. The first-order valence-corrected chi connectivity index (χ1v) is 9.31. The minimum Gasteiger partial charge on any atom is -0.342 e. The van der Waals surface area contributed by atoms with Gasteiger partial charge in [-0.3, -0.25) is 9.13 Å². The van der Waals surface area contributed by atoms with Gasteiger partial charge in [-0.2, -0.15) is 0 Å². The molecule has 0 bridgehead atoms. The zero-order chi connectivity index (χ0) is 18.3. The number of aromatic nitrogens is 3. The van der Waals surface area contributed by atoms with E-state index in [1.807, 2.05) is 35.9 Å². The number of nitrogens with zero attached hydrogens (tertiary/aromatic N) is 3. The highest BCUT2D eigenvalue weighted by atomic mass is 16.1. The van der Waals surface area contributed by atoms with Gasteiger partial charge in [-0.25, -0.2) is 4.79 Å². The molecule has 4 heteroatoms. The Morgan fingerprint density at radius 3 is 2.31 bits per heavy atom. The van der Waals surface area contributed by atoms with Gasteiger partial charge in [0, 0.05) is 30.8 Å². The van der Waals surface area contributed by atoms with Gasteiger partial charge < -0.3 is 4.57 Å². The van der Waals surface area contributed by atoms with Crippen molar-refractivity contribution >= 4 is 21.9 Å². The third-order valence-corrected chi connectivity index (χ3v) is 5.21. The molecule has 2 aromatic heterocycles. The molecule has 0 spiro atoms. The molecule has 0 atom stereocenters. The van der Waals surface area contributed by atoms with Gasteiger partial charge in [-0.15, -0.1) is 0 Å². The van der Waals surface area contributed by atoms with E-state index in [9.17, 15) is 4.79 Å². The van der Waals surface area contributed by atoms with Gasteiger partial charge in [0.2, 0.25) is 0 Å².